The van der Waals surface area contributed by atoms with Gasteiger partial charge in [-0.1, -0.05) is 16.7 Å². The first kappa shape index (κ1) is 13.9. The lowest BCUT2D eigenvalue weighted by Crippen LogP contribution is -2.26. The van der Waals surface area contributed by atoms with E-state index in [4.69, 9.17) is 5.53 Å². The Morgan fingerprint density at radius 3 is 3.00 bits per heavy atom. The fraction of sp³-hybridized carbons (Fsp3) is 0.385. The molecular weight excluding hydrogens is 260 g/mol. The smallest absolute Gasteiger partial charge is 0.337 e. The molecule has 1 atom stereocenters. The van der Waals surface area contributed by atoms with Crippen LogP contribution in [0.3, 0.4) is 0 Å². The Bertz CT molecular complexity index is 608. The number of carboxylic acids is 1. The molecule has 7 heteroatoms. The van der Waals surface area contributed by atoms with Gasteiger partial charge in [0.25, 0.3) is 0 Å². The molecule has 0 saturated carbocycles. The number of hydrogen-bond donors (Lipinski definition) is 1. The molecule has 0 spiro atoms. The summed E-state index contributed by atoms with van der Waals surface area (Å²) in [4.78, 5) is 27.4. The van der Waals surface area contributed by atoms with Crippen LogP contribution in [0.4, 0.5) is 5.69 Å². The van der Waals surface area contributed by atoms with Gasteiger partial charge in [-0.3, -0.25) is 4.79 Å². The maximum absolute atomic E-state index is 12.0. The minimum Gasteiger partial charge on any atom is -0.478 e. The summed E-state index contributed by atoms with van der Waals surface area (Å²) in [6.07, 6.45) is 0.270. The predicted octanol–water partition coefficient (Wildman–Crippen LogP) is 2.36. The van der Waals surface area contributed by atoms with E-state index in [2.05, 4.69) is 10.0 Å². The highest BCUT2D eigenvalue weighted by atomic mass is 16.4. The Kier molecular flexibility index (Phi) is 3.91. The van der Waals surface area contributed by atoms with E-state index in [0.717, 1.165) is 5.56 Å². The van der Waals surface area contributed by atoms with Gasteiger partial charge in [0.05, 0.1) is 11.3 Å². The molecule has 1 amide bonds. The number of hydrogen-bond acceptors (Lipinski definition) is 3. The Balaban J connectivity index is 2.30. The highest BCUT2D eigenvalue weighted by Gasteiger charge is 2.32. The fourth-order valence-corrected chi connectivity index (χ4v) is 2.35. The van der Waals surface area contributed by atoms with Crippen LogP contribution in [0, 0.1) is 12.8 Å². The average molecular weight is 274 g/mol. The third-order valence-electron chi connectivity index (χ3n) is 3.28. The van der Waals surface area contributed by atoms with Crippen molar-refractivity contribution >= 4 is 17.6 Å². The lowest BCUT2D eigenvalue weighted by atomic mass is 10.1. The van der Waals surface area contributed by atoms with Gasteiger partial charge in [-0.05, 0) is 30.5 Å². The number of amides is 1. The van der Waals surface area contributed by atoms with Gasteiger partial charge in [0.15, 0.2) is 0 Å². The van der Waals surface area contributed by atoms with E-state index in [1.807, 2.05) is 0 Å². The Hall–Kier alpha value is -2.53. The van der Waals surface area contributed by atoms with Gasteiger partial charge in [0.2, 0.25) is 5.91 Å². The molecule has 0 radical (unpaired) electrons. The standard InChI is InChI=1S/C13H14N4O3/c1-8-2-3-11(10(4-8)13(19)20)17-7-9(5-12(17)18)6-15-16-14/h2-4,9H,5-7H2,1H3,(H,19,20). The number of aromatic carboxylic acids is 1. The zero-order valence-electron chi connectivity index (χ0n) is 11.0. The summed E-state index contributed by atoms with van der Waals surface area (Å²) >= 11 is 0. The van der Waals surface area contributed by atoms with Gasteiger partial charge in [0.1, 0.15) is 0 Å². The van der Waals surface area contributed by atoms with Crippen LogP contribution < -0.4 is 4.90 Å². The Morgan fingerprint density at radius 1 is 1.60 bits per heavy atom. The second-order valence-corrected chi connectivity index (χ2v) is 4.81. The molecule has 1 fully saturated rings. The number of carbonyl (C=O) groups excluding carboxylic acids is 1. The molecule has 1 unspecified atom stereocenters. The minimum atomic E-state index is -1.06. The molecule has 2 rings (SSSR count). The summed E-state index contributed by atoms with van der Waals surface area (Å²) in [6.45, 7) is 2.42. The number of carbonyl (C=O) groups is 2. The lowest BCUT2D eigenvalue weighted by Gasteiger charge is -2.19. The first-order valence-electron chi connectivity index (χ1n) is 6.18. The summed E-state index contributed by atoms with van der Waals surface area (Å²) < 4.78 is 0. The Labute approximate surface area is 115 Å². The summed E-state index contributed by atoms with van der Waals surface area (Å²) in [7, 11) is 0. The van der Waals surface area contributed by atoms with Crippen LogP contribution in [0.1, 0.15) is 22.3 Å². The van der Waals surface area contributed by atoms with Crippen LogP contribution in [-0.2, 0) is 4.79 Å². The number of carboxylic acid groups (broad SMARTS) is 1. The molecule has 1 aromatic carbocycles. The lowest BCUT2D eigenvalue weighted by molar-refractivity contribution is -0.117. The van der Waals surface area contributed by atoms with Crippen molar-refractivity contribution in [3.8, 4) is 0 Å². The maximum atomic E-state index is 12.0. The van der Waals surface area contributed by atoms with Crippen LogP contribution in [0.2, 0.25) is 0 Å². The molecule has 7 nitrogen and oxygen atoms in total. The van der Waals surface area contributed by atoms with Crippen LogP contribution in [0.25, 0.3) is 10.4 Å². The van der Waals surface area contributed by atoms with Crippen LogP contribution in [-0.4, -0.2) is 30.1 Å². The number of nitrogens with zero attached hydrogens (tertiary/aromatic N) is 4. The molecule has 1 aliphatic heterocycles. The summed E-state index contributed by atoms with van der Waals surface area (Å²) in [5.74, 6) is -1.27. The zero-order valence-corrected chi connectivity index (χ0v) is 11.0. The molecule has 0 aromatic heterocycles. The normalized spacial score (nSPS) is 17.9. The van der Waals surface area contributed by atoms with Gasteiger partial charge in [-0.2, -0.15) is 0 Å². The molecule has 104 valence electrons. The number of aryl methyl sites for hydroxylation is 1. The molecular formula is C13H14N4O3. The molecule has 1 aliphatic rings. The van der Waals surface area contributed by atoms with Gasteiger partial charge in [-0.25, -0.2) is 4.79 Å². The number of rotatable bonds is 4. The van der Waals surface area contributed by atoms with Crippen LogP contribution in [0.5, 0.6) is 0 Å². The maximum Gasteiger partial charge on any atom is 0.337 e. The van der Waals surface area contributed by atoms with E-state index in [-0.39, 0.29) is 30.4 Å². The van der Waals surface area contributed by atoms with Gasteiger partial charge in [-0.15, -0.1) is 0 Å². The van der Waals surface area contributed by atoms with Crippen molar-refractivity contribution in [2.24, 2.45) is 11.0 Å². The van der Waals surface area contributed by atoms with E-state index >= 15 is 0 Å². The molecule has 1 aromatic rings. The second kappa shape index (κ2) is 5.63. The highest BCUT2D eigenvalue weighted by Crippen LogP contribution is 2.29. The largest absolute Gasteiger partial charge is 0.478 e. The van der Waals surface area contributed by atoms with Gasteiger partial charge >= 0.3 is 5.97 Å². The monoisotopic (exact) mass is 274 g/mol. The molecule has 0 aliphatic carbocycles. The van der Waals surface area contributed by atoms with E-state index in [0.29, 0.717) is 12.2 Å². The van der Waals surface area contributed by atoms with E-state index in [1.165, 1.54) is 4.90 Å². The first-order valence-corrected chi connectivity index (χ1v) is 6.18. The first-order chi connectivity index (χ1) is 9.52. The molecule has 1 N–H and O–H groups in total. The van der Waals surface area contributed by atoms with Gasteiger partial charge < -0.3 is 10.0 Å². The van der Waals surface area contributed by atoms with Crippen molar-refractivity contribution in [1.29, 1.82) is 0 Å². The van der Waals surface area contributed by atoms with Crippen molar-refractivity contribution in [2.75, 3.05) is 18.0 Å². The SMILES string of the molecule is Cc1ccc(N2CC(CN=[N+]=[N-])CC2=O)c(C(=O)O)c1. The van der Waals surface area contributed by atoms with Crippen molar-refractivity contribution in [2.45, 2.75) is 13.3 Å². The zero-order chi connectivity index (χ0) is 14.7. The topological polar surface area (TPSA) is 106 Å². The van der Waals surface area contributed by atoms with E-state index < -0.39 is 5.97 Å². The fourth-order valence-electron chi connectivity index (χ4n) is 2.35. The van der Waals surface area contributed by atoms with E-state index in [1.54, 1.807) is 25.1 Å². The van der Waals surface area contributed by atoms with Crippen molar-refractivity contribution in [1.82, 2.24) is 0 Å². The Morgan fingerprint density at radius 2 is 2.35 bits per heavy atom. The third kappa shape index (κ3) is 2.73. The van der Waals surface area contributed by atoms with Crippen molar-refractivity contribution in [3.05, 3.63) is 39.8 Å². The van der Waals surface area contributed by atoms with Crippen LogP contribution in [0.15, 0.2) is 23.3 Å². The van der Waals surface area contributed by atoms with Crippen LogP contribution >= 0.6 is 0 Å². The highest BCUT2D eigenvalue weighted by molar-refractivity contribution is 6.03. The van der Waals surface area contributed by atoms with Crippen molar-refractivity contribution < 1.29 is 14.7 Å². The summed E-state index contributed by atoms with van der Waals surface area (Å²) in [6, 6.07) is 4.97. The summed E-state index contributed by atoms with van der Waals surface area (Å²) in [5.41, 5.74) is 9.64. The molecule has 1 heterocycles. The molecule has 0 bridgehead atoms. The van der Waals surface area contributed by atoms with E-state index in [9.17, 15) is 14.7 Å². The predicted molar refractivity (Wildman–Crippen MR) is 72.6 cm³/mol. The second-order valence-electron chi connectivity index (χ2n) is 4.81. The number of azide groups is 1. The average Bonchev–Trinajstić information content (AvgIpc) is 2.77. The molecule has 1 saturated heterocycles. The third-order valence-corrected chi connectivity index (χ3v) is 3.28. The molecule has 20 heavy (non-hydrogen) atoms. The summed E-state index contributed by atoms with van der Waals surface area (Å²) in [5, 5.41) is 12.7. The number of anilines is 1. The van der Waals surface area contributed by atoms with Gasteiger partial charge in [0, 0.05) is 24.4 Å². The minimum absolute atomic E-state index is 0.0682. The quantitative estimate of drug-likeness (QED) is 0.517. The number of benzene rings is 1. The van der Waals surface area contributed by atoms with Crippen molar-refractivity contribution in [3.63, 3.8) is 0 Å².